The highest BCUT2D eigenvalue weighted by Crippen LogP contribution is 2.34. The Hall–Kier alpha value is -2.48. The zero-order valence-corrected chi connectivity index (χ0v) is 9.71. The molecule has 0 N–H and O–H groups in total. The molecule has 2 heteroatoms. The predicted octanol–water partition coefficient (Wildman–Crippen LogP) is 3.51. The smallest absolute Gasteiger partial charge is 0.169 e. The number of aldehydes is 1. The van der Waals surface area contributed by atoms with E-state index >= 15 is 0 Å². The maximum atomic E-state index is 11.1. The van der Waals surface area contributed by atoms with Gasteiger partial charge in [-0.1, -0.05) is 48.5 Å². The van der Waals surface area contributed by atoms with Crippen LogP contribution in [0.4, 0.5) is 5.69 Å². The lowest BCUT2D eigenvalue weighted by atomic mass is 10.0. The molecule has 1 aliphatic rings. The number of fused-ring (bicyclic) bond motifs is 1. The summed E-state index contributed by atoms with van der Waals surface area (Å²) in [5.41, 5.74) is 4.34. The number of nitrogens with zero attached hydrogens (tertiary/aromatic N) is 1. The molecular weight excluding hydrogens is 222 g/mol. The lowest BCUT2D eigenvalue weighted by Gasteiger charge is -2.01. The van der Waals surface area contributed by atoms with E-state index in [-0.39, 0.29) is 0 Å². The Labute approximate surface area is 105 Å². The number of hydrogen-bond acceptors (Lipinski definition) is 2. The fourth-order valence-corrected chi connectivity index (χ4v) is 2.08. The van der Waals surface area contributed by atoms with Crippen LogP contribution in [0.1, 0.15) is 11.1 Å². The number of hydrogen-bond donors (Lipinski definition) is 0. The molecule has 0 unspecified atom stereocenters. The van der Waals surface area contributed by atoms with Gasteiger partial charge in [0.2, 0.25) is 0 Å². The Morgan fingerprint density at radius 3 is 2.39 bits per heavy atom. The molecule has 0 saturated carbocycles. The molecule has 2 aromatic carbocycles. The van der Waals surface area contributed by atoms with Gasteiger partial charge in [0.05, 0.1) is 5.69 Å². The van der Waals surface area contributed by atoms with Gasteiger partial charge >= 0.3 is 0 Å². The summed E-state index contributed by atoms with van der Waals surface area (Å²) in [6.07, 6.45) is 2.81. The van der Waals surface area contributed by atoms with E-state index in [1.165, 1.54) is 0 Å². The molecule has 0 radical (unpaired) electrons. The molecule has 3 rings (SSSR count). The second-order valence-electron chi connectivity index (χ2n) is 4.10. The number of benzene rings is 2. The molecular formula is C16H11NO. The molecule has 0 fully saturated rings. The van der Waals surface area contributed by atoms with Crippen LogP contribution in [0.3, 0.4) is 0 Å². The summed E-state index contributed by atoms with van der Waals surface area (Å²) in [5, 5.41) is 0. The monoisotopic (exact) mass is 233 g/mol. The van der Waals surface area contributed by atoms with Gasteiger partial charge in [0.1, 0.15) is 5.71 Å². The number of aliphatic imine (C=N–C) groups is 1. The van der Waals surface area contributed by atoms with Crippen LogP contribution in [-0.2, 0) is 4.79 Å². The first-order valence-electron chi connectivity index (χ1n) is 5.79. The molecule has 0 atom stereocenters. The van der Waals surface area contributed by atoms with E-state index in [1.54, 1.807) is 0 Å². The molecule has 2 nitrogen and oxygen atoms in total. The molecule has 0 saturated heterocycles. The van der Waals surface area contributed by atoms with Crippen molar-refractivity contribution in [1.82, 2.24) is 0 Å². The highest BCUT2D eigenvalue weighted by Gasteiger charge is 2.19. The number of carbonyl (C=O) groups is 1. The molecule has 1 aliphatic heterocycles. The van der Waals surface area contributed by atoms with Crippen molar-refractivity contribution in [2.24, 2.45) is 4.99 Å². The van der Waals surface area contributed by atoms with Crippen molar-refractivity contribution in [3.05, 3.63) is 65.7 Å². The average Bonchev–Trinajstić information content (AvgIpc) is 2.78. The molecule has 86 valence electrons. The number of rotatable bonds is 2. The SMILES string of the molecule is O=CC1=Nc2ccccc2C1=Cc1ccccc1. The van der Waals surface area contributed by atoms with Gasteiger partial charge in [-0.25, -0.2) is 4.99 Å². The second-order valence-corrected chi connectivity index (χ2v) is 4.10. The Bertz CT molecular complexity index is 654. The minimum absolute atomic E-state index is 0.500. The van der Waals surface area contributed by atoms with Crippen molar-refractivity contribution < 1.29 is 4.79 Å². The fraction of sp³-hybridized carbons (Fsp3) is 0. The van der Waals surface area contributed by atoms with Crippen molar-refractivity contribution in [3.63, 3.8) is 0 Å². The van der Waals surface area contributed by atoms with Gasteiger partial charge in [0.25, 0.3) is 0 Å². The van der Waals surface area contributed by atoms with E-state index in [0.717, 1.165) is 28.7 Å². The predicted molar refractivity (Wildman–Crippen MR) is 73.9 cm³/mol. The van der Waals surface area contributed by atoms with E-state index in [0.29, 0.717) is 5.71 Å². The number of para-hydroxylation sites is 1. The van der Waals surface area contributed by atoms with Gasteiger partial charge in [-0.05, 0) is 17.7 Å². The van der Waals surface area contributed by atoms with Crippen LogP contribution >= 0.6 is 0 Å². The third kappa shape index (κ3) is 1.78. The summed E-state index contributed by atoms with van der Waals surface area (Å²) in [6, 6.07) is 17.7. The zero-order chi connectivity index (χ0) is 12.4. The summed E-state index contributed by atoms with van der Waals surface area (Å²) in [4.78, 5) is 15.4. The van der Waals surface area contributed by atoms with Crippen LogP contribution in [0.15, 0.2) is 59.6 Å². The highest BCUT2D eigenvalue weighted by molar-refractivity contribution is 6.53. The second kappa shape index (κ2) is 4.41. The maximum Gasteiger partial charge on any atom is 0.169 e. The van der Waals surface area contributed by atoms with Crippen LogP contribution in [0, 0.1) is 0 Å². The molecule has 1 heterocycles. The molecule has 0 bridgehead atoms. The standard InChI is InChI=1S/C16H11NO/c18-11-16-14(10-12-6-2-1-3-7-12)13-8-4-5-9-15(13)17-16/h1-11H. The summed E-state index contributed by atoms with van der Waals surface area (Å²) >= 11 is 0. The first-order valence-corrected chi connectivity index (χ1v) is 5.79. The summed E-state index contributed by atoms with van der Waals surface area (Å²) in [5.74, 6) is 0. The third-order valence-electron chi connectivity index (χ3n) is 2.93. The van der Waals surface area contributed by atoms with Gasteiger partial charge in [-0.15, -0.1) is 0 Å². The van der Waals surface area contributed by atoms with E-state index in [2.05, 4.69) is 4.99 Å². The average molecular weight is 233 g/mol. The third-order valence-corrected chi connectivity index (χ3v) is 2.93. The van der Waals surface area contributed by atoms with Crippen molar-refractivity contribution in [3.8, 4) is 0 Å². The lowest BCUT2D eigenvalue weighted by molar-refractivity contribution is -0.102. The fourth-order valence-electron chi connectivity index (χ4n) is 2.08. The molecule has 18 heavy (non-hydrogen) atoms. The van der Waals surface area contributed by atoms with Gasteiger partial charge in [-0.2, -0.15) is 0 Å². The van der Waals surface area contributed by atoms with E-state index < -0.39 is 0 Å². The Kier molecular flexibility index (Phi) is 2.61. The van der Waals surface area contributed by atoms with Crippen LogP contribution < -0.4 is 0 Å². The minimum atomic E-state index is 0.500. The van der Waals surface area contributed by atoms with Crippen LogP contribution in [0.2, 0.25) is 0 Å². The van der Waals surface area contributed by atoms with Gasteiger partial charge in [0, 0.05) is 11.1 Å². The summed E-state index contributed by atoms with van der Waals surface area (Å²) in [7, 11) is 0. The van der Waals surface area contributed by atoms with Gasteiger partial charge in [0.15, 0.2) is 6.29 Å². The van der Waals surface area contributed by atoms with Crippen molar-refractivity contribution >= 4 is 29.3 Å². The summed E-state index contributed by atoms with van der Waals surface area (Å²) in [6.45, 7) is 0. The Morgan fingerprint density at radius 1 is 0.889 bits per heavy atom. The van der Waals surface area contributed by atoms with E-state index in [4.69, 9.17) is 0 Å². The first-order chi connectivity index (χ1) is 8.88. The Morgan fingerprint density at radius 2 is 1.61 bits per heavy atom. The number of allylic oxidation sites excluding steroid dienone is 1. The van der Waals surface area contributed by atoms with E-state index in [1.807, 2.05) is 60.7 Å². The van der Waals surface area contributed by atoms with E-state index in [9.17, 15) is 4.79 Å². The minimum Gasteiger partial charge on any atom is -0.296 e. The van der Waals surface area contributed by atoms with Gasteiger partial charge in [-0.3, -0.25) is 4.79 Å². The van der Waals surface area contributed by atoms with Crippen molar-refractivity contribution in [1.29, 1.82) is 0 Å². The molecule has 0 spiro atoms. The van der Waals surface area contributed by atoms with Crippen molar-refractivity contribution in [2.45, 2.75) is 0 Å². The largest absolute Gasteiger partial charge is 0.296 e. The number of carbonyl (C=O) groups excluding carboxylic acids is 1. The highest BCUT2D eigenvalue weighted by atomic mass is 16.1. The quantitative estimate of drug-likeness (QED) is 0.730. The molecule has 0 amide bonds. The van der Waals surface area contributed by atoms with Crippen molar-refractivity contribution in [2.75, 3.05) is 0 Å². The molecule has 0 aliphatic carbocycles. The molecule has 0 aromatic heterocycles. The van der Waals surface area contributed by atoms with Crippen LogP contribution in [-0.4, -0.2) is 12.0 Å². The van der Waals surface area contributed by atoms with Gasteiger partial charge < -0.3 is 0 Å². The van der Waals surface area contributed by atoms with Crippen LogP contribution in [0.5, 0.6) is 0 Å². The first kappa shape index (κ1) is 10.7. The lowest BCUT2D eigenvalue weighted by Crippen LogP contribution is -1.97. The summed E-state index contributed by atoms with van der Waals surface area (Å²) < 4.78 is 0. The normalized spacial score (nSPS) is 15.3. The molecule has 2 aromatic rings. The maximum absolute atomic E-state index is 11.1. The van der Waals surface area contributed by atoms with Crippen LogP contribution in [0.25, 0.3) is 11.6 Å². The topological polar surface area (TPSA) is 29.4 Å². The zero-order valence-electron chi connectivity index (χ0n) is 9.71. The Balaban J connectivity index is 2.14.